The van der Waals surface area contributed by atoms with Crippen molar-refractivity contribution in [2.24, 2.45) is 0 Å². The van der Waals surface area contributed by atoms with Crippen molar-refractivity contribution in [2.75, 3.05) is 21.3 Å². The number of methoxy groups -OCH3 is 3. The number of aldehydes is 1. The molecule has 7 nitrogen and oxygen atoms in total. The fourth-order valence-corrected chi connectivity index (χ4v) is 5.58. The molecule has 5 aromatic rings. The van der Waals surface area contributed by atoms with Gasteiger partial charge in [-0.05, 0) is 11.6 Å². The maximum absolute atomic E-state index is 14.0. The minimum absolute atomic E-state index is 0. The summed E-state index contributed by atoms with van der Waals surface area (Å²) in [4.78, 5) is 30.8. The van der Waals surface area contributed by atoms with Crippen LogP contribution in [0.3, 0.4) is 0 Å². The molecule has 2 aromatic heterocycles. The topological polar surface area (TPSA) is 79.7 Å². The molecule has 37 heavy (non-hydrogen) atoms. The Morgan fingerprint density at radius 1 is 1.08 bits per heavy atom. The first-order valence-electron chi connectivity index (χ1n) is 10.9. The molecule has 0 bridgehead atoms. The number of nitrogens with zero attached hydrogens (tertiary/aromatic N) is 2. The zero-order chi connectivity index (χ0) is 25.4. The van der Waals surface area contributed by atoms with Crippen LogP contribution in [0, 0.1) is 37.2 Å². The number of halogens is 1. The van der Waals surface area contributed by atoms with Gasteiger partial charge in [0.15, 0.2) is 6.29 Å². The van der Waals surface area contributed by atoms with Crippen LogP contribution in [0.2, 0.25) is 5.02 Å². The minimum Gasteiger partial charge on any atom is -0.533 e. The van der Waals surface area contributed by atoms with Gasteiger partial charge in [0.1, 0.15) is 10.6 Å². The smallest absolute Gasteiger partial charge is 0.255 e. The van der Waals surface area contributed by atoms with Crippen LogP contribution in [-0.4, -0.2) is 37.2 Å². The Hall–Kier alpha value is -2.83. The van der Waals surface area contributed by atoms with E-state index in [9.17, 15) is 9.59 Å². The van der Waals surface area contributed by atoms with Gasteiger partial charge in [0.05, 0.1) is 53.8 Å². The Morgan fingerprint density at radius 3 is 2.49 bits per heavy atom. The third-order valence-electron chi connectivity index (χ3n) is 5.86. The van der Waals surface area contributed by atoms with Gasteiger partial charge >= 0.3 is 0 Å². The molecule has 0 radical (unpaired) electrons. The van der Waals surface area contributed by atoms with Crippen molar-refractivity contribution in [3.05, 3.63) is 81.1 Å². The SMILES string of the molecule is COc1[c-]c(-c2nc3sc4c(Cl)c(C=O)ccc4c3c(=O)n2Cc2ccccc2)cc(OC)c1OC.[U]. The first-order valence-corrected chi connectivity index (χ1v) is 12.1. The zero-order valence-corrected chi connectivity index (χ0v) is 25.9. The molecule has 0 saturated heterocycles. The molecule has 5 rings (SSSR count). The van der Waals surface area contributed by atoms with E-state index in [2.05, 4.69) is 6.07 Å². The van der Waals surface area contributed by atoms with Crippen molar-refractivity contribution in [2.45, 2.75) is 6.54 Å². The molecule has 10 heteroatoms. The number of hydrogen-bond acceptors (Lipinski definition) is 7. The summed E-state index contributed by atoms with van der Waals surface area (Å²) in [5.41, 5.74) is 1.55. The first kappa shape index (κ1) is 27.2. The van der Waals surface area contributed by atoms with Crippen LogP contribution in [0.5, 0.6) is 17.2 Å². The summed E-state index contributed by atoms with van der Waals surface area (Å²) in [5, 5.41) is 1.41. The summed E-state index contributed by atoms with van der Waals surface area (Å²) in [7, 11) is 4.54. The normalized spacial score (nSPS) is 10.8. The van der Waals surface area contributed by atoms with Crippen LogP contribution < -0.4 is 19.8 Å². The van der Waals surface area contributed by atoms with Crippen LogP contribution in [0.1, 0.15) is 15.9 Å². The molecule has 0 atom stereocenters. The maximum Gasteiger partial charge on any atom is 0.255 e. The molecule has 0 N–H and O–H groups in total. The third kappa shape index (κ3) is 4.77. The molecule has 0 aliphatic heterocycles. The largest absolute Gasteiger partial charge is 0.533 e. The van der Waals surface area contributed by atoms with Gasteiger partial charge in [0.2, 0.25) is 0 Å². The van der Waals surface area contributed by atoms with Gasteiger partial charge in [0.25, 0.3) is 5.56 Å². The number of aromatic nitrogens is 2. The molecule has 0 aliphatic rings. The number of thiophene rings is 1. The van der Waals surface area contributed by atoms with Gasteiger partial charge in [-0.3, -0.25) is 14.6 Å². The number of ether oxygens (including phenoxy) is 3. The van der Waals surface area contributed by atoms with Gasteiger partial charge < -0.3 is 18.8 Å². The van der Waals surface area contributed by atoms with E-state index in [0.717, 1.165) is 5.56 Å². The van der Waals surface area contributed by atoms with Crippen molar-refractivity contribution < 1.29 is 50.1 Å². The van der Waals surface area contributed by atoms with Gasteiger partial charge in [-0.2, -0.15) is 0 Å². The summed E-state index contributed by atoms with van der Waals surface area (Å²) in [5.74, 6) is 1.51. The predicted octanol–water partition coefficient (Wildman–Crippen LogP) is 5.62. The van der Waals surface area contributed by atoms with Crippen LogP contribution in [0.4, 0.5) is 0 Å². The maximum atomic E-state index is 14.0. The summed E-state index contributed by atoms with van der Waals surface area (Å²) in [6.45, 7) is 0.278. The number of hydrogen-bond donors (Lipinski definition) is 0. The van der Waals surface area contributed by atoms with E-state index >= 15 is 0 Å². The minimum atomic E-state index is -0.234. The number of carbonyl (C=O) groups is 1. The Bertz CT molecular complexity index is 1660. The van der Waals surface area contributed by atoms with Crippen molar-refractivity contribution >= 4 is 49.5 Å². The monoisotopic (exact) mass is 757 g/mol. The van der Waals surface area contributed by atoms with Gasteiger partial charge in [-0.15, -0.1) is 16.9 Å². The molecule has 0 amide bonds. The van der Waals surface area contributed by atoms with Crippen molar-refractivity contribution in [3.63, 3.8) is 0 Å². The standard InChI is InChI=1S/C27H20ClN2O5S.U/c1-33-19-11-17(12-20(34-2)23(19)35-3)25-29-26-21(18-10-9-16(14-31)22(28)24(18)36-26)27(32)30(25)13-15-7-5-4-6-8-15;/h4-11,14H,13H2,1-3H3;/q-1;. The summed E-state index contributed by atoms with van der Waals surface area (Å²) < 4.78 is 18.7. The predicted molar refractivity (Wildman–Crippen MR) is 141 cm³/mol. The van der Waals surface area contributed by atoms with E-state index in [-0.39, 0.29) is 43.2 Å². The number of benzene rings is 3. The van der Waals surface area contributed by atoms with Crippen molar-refractivity contribution in [1.29, 1.82) is 0 Å². The first-order chi connectivity index (χ1) is 17.5. The second kappa shape index (κ2) is 11.3. The van der Waals surface area contributed by atoms with E-state index in [1.165, 1.54) is 32.7 Å². The quantitative estimate of drug-likeness (QED) is 0.159. The molecule has 0 saturated carbocycles. The van der Waals surface area contributed by atoms with Crippen LogP contribution in [-0.2, 0) is 6.54 Å². The average Bonchev–Trinajstić information content (AvgIpc) is 3.29. The van der Waals surface area contributed by atoms with Crippen LogP contribution in [0.15, 0.2) is 53.3 Å². The summed E-state index contributed by atoms with van der Waals surface area (Å²) >= 11 is 7.76. The molecule has 0 aliphatic carbocycles. The molecular weight excluding hydrogens is 738 g/mol. The average molecular weight is 758 g/mol. The van der Waals surface area contributed by atoms with Crippen LogP contribution in [0.25, 0.3) is 31.7 Å². The molecule has 3 aromatic carbocycles. The Balaban J connectivity index is 0.00000320. The second-order valence-corrected chi connectivity index (χ2v) is 9.25. The van der Waals surface area contributed by atoms with Gasteiger partial charge in [-0.25, -0.2) is 0 Å². The molecule has 0 spiro atoms. The molecule has 186 valence electrons. The zero-order valence-electron chi connectivity index (χ0n) is 20.1. The van der Waals surface area contributed by atoms with Gasteiger partial charge in [0, 0.05) is 48.6 Å². The Morgan fingerprint density at radius 2 is 1.84 bits per heavy atom. The second-order valence-electron chi connectivity index (χ2n) is 7.88. The molecule has 0 unspecified atom stereocenters. The number of carbonyl (C=O) groups excluding carboxylic acids is 1. The molecular formula is C27H20ClN2O5SU-. The summed E-state index contributed by atoms with van der Waals surface area (Å²) in [6, 6.07) is 17.9. The van der Waals surface area contributed by atoms with E-state index < -0.39 is 0 Å². The number of rotatable bonds is 7. The number of fused-ring (bicyclic) bond motifs is 3. The fourth-order valence-electron chi connectivity index (χ4n) is 4.15. The van der Waals surface area contributed by atoms with Crippen molar-refractivity contribution in [1.82, 2.24) is 9.55 Å². The molecule has 2 heterocycles. The summed E-state index contributed by atoms with van der Waals surface area (Å²) in [6.07, 6.45) is 0.698. The fraction of sp³-hybridized carbons (Fsp3) is 0.148. The Labute approximate surface area is 245 Å². The third-order valence-corrected chi connectivity index (χ3v) is 7.50. The molecule has 0 fully saturated rings. The van der Waals surface area contributed by atoms with E-state index in [1.54, 1.807) is 22.8 Å². The van der Waals surface area contributed by atoms with Crippen molar-refractivity contribution in [3.8, 4) is 28.6 Å². The Kier molecular flexibility index (Phi) is 8.30. The van der Waals surface area contributed by atoms with E-state index in [0.29, 0.717) is 65.8 Å². The van der Waals surface area contributed by atoms with Crippen LogP contribution >= 0.6 is 22.9 Å². The van der Waals surface area contributed by atoms with E-state index in [1.807, 2.05) is 30.3 Å². The van der Waals surface area contributed by atoms with E-state index in [4.69, 9.17) is 30.8 Å². The van der Waals surface area contributed by atoms with Gasteiger partial charge in [-0.1, -0.05) is 60.1 Å².